The lowest BCUT2D eigenvalue weighted by Crippen LogP contribution is -2.27. The number of alkyl halides is 1. The molecule has 0 aliphatic rings. The van der Waals surface area contributed by atoms with Crippen molar-refractivity contribution in [1.82, 2.24) is 19.9 Å². The Labute approximate surface area is 93.4 Å². The van der Waals surface area contributed by atoms with Gasteiger partial charge in [-0.15, -0.1) is 5.10 Å². The van der Waals surface area contributed by atoms with Crippen molar-refractivity contribution in [2.75, 3.05) is 19.6 Å². The summed E-state index contributed by atoms with van der Waals surface area (Å²) in [4.78, 5) is 2.37. The van der Waals surface area contributed by atoms with E-state index in [1.54, 1.807) is 0 Å². The highest BCUT2D eigenvalue weighted by Gasteiger charge is 2.01. The molecule has 1 aromatic heterocycles. The average molecular weight is 261 g/mol. The predicted molar refractivity (Wildman–Crippen MR) is 60.4 cm³/mol. The van der Waals surface area contributed by atoms with Gasteiger partial charge in [-0.05, 0) is 13.1 Å². The normalized spacial score (nSPS) is 11.1. The average Bonchev–Trinajstić information content (AvgIpc) is 2.67. The molecule has 0 spiro atoms. The van der Waals surface area contributed by atoms with Crippen LogP contribution in [0, 0.1) is 0 Å². The first-order chi connectivity index (χ1) is 6.80. The van der Waals surface area contributed by atoms with Crippen LogP contribution in [-0.4, -0.2) is 39.5 Å². The van der Waals surface area contributed by atoms with Gasteiger partial charge in [0.05, 0.1) is 12.2 Å². The fraction of sp³-hybridized carbons (Fsp3) is 0.778. The van der Waals surface area contributed by atoms with Gasteiger partial charge in [0.25, 0.3) is 0 Å². The van der Waals surface area contributed by atoms with E-state index in [1.165, 1.54) is 0 Å². The van der Waals surface area contributed by atoms with Gasteiger partial charge in [0, 0.05) is 18.1 Å². The number of hydrogen-bond acceptors (Lipinski definition) is 3. The first-order valence-corrected chi connectivity index (χ1v) is 6.09. The minimum atomic E-state index is 0.776. The number of halogens is 1. The van der Waals surface area contributed by atoms with Gasteiger partial charge < -0.3 is 4.90 Å². The maximum absolute atomic E-state index is 4.04. The maximum Gasteiger partial charge on any atom is 0.0932 e. The van der Waals surface area contributed by atoms with Crippen LogP contribution in [0.4, 0.5) is 0 Å². The van der Waals surface area contributed by atoms with Crippen molar-refractivity contribution in [3.8, 4) is 0 Å². The third-order valence-corrected chi connectivity index (χ3v) is 2.84. The molecule has 0 unspecified atom stereocenters. The van der Waals surface area contributed by atoms with Crippen LogP contribution in [-0.2, 0) is 11.9 Å². The number of hydrogen-bond donors (Lipinski definition) is 0. The van der Waals surface area contributed by atoms with Crippen molar-refractivity contribution in [2.24, 2.45) is 0 Å². The molecule has 80 valence electrons. The van der Waals surface area contributed by atoms with Crippen LogP contribution in [0.3, 0.4) is 0 Å². The molecule has 0 N–H and O–H groups in total. The molecule has 1 heterocycles. The molecule has 5 heteroatoms. The van der Waals surface area contributed by atoms with Crippen LogP contribution in [0.5, 0.6) is 0 Å². The minimum Gasteiger partial charge on any atom is -0.302 e. The summed E-state index contributed by atoms with van der Waals surface area (Å²) in [5.74, 6) is 0. The monoisotopic (exact) mass is 260 g/mol. The molecule has 1 rings (SSSR count). The molecule has 0 radical (unpaired) electrons. The third kappa shape index (κ3) is 3.38. The topological polar surface area (TPSA) is 34.0 Å². The van der Waals surface area contributed by atoms with Crippen LogP contribution in [0.1, 0.15) is 19.5 Å². The van der Waals surface area contributed by atoms with Gasteiger partial charge in [-0.2, -0.15) is 0 Å². The van der Waals surface area contributed by atoms with Crippen molar-refractivity contribution in [1.29, 1.82) is 0 Å². The first-order valence-electron chi connectivity index (χ1n) is 4.97. The number of aromatic nitrogens is 3. The molecule has 0 amide bonds. The standard InChI is InChI=1S/C9H17BrN4/c1-3-13(4-2)5-6-14-8-9(7-10)11-12-14/h8H,3-7H2,1-2H3. The maximum atomic E-state index is 4.04. The minimum absolute atomic E-state index is 0.776. The van der Waals surface area contributed by atoms with E-state index in [1.807, 2.05) is 10.9 Å². The van der Waals surface area contributed by atoms with E-state index in [0.717, 1.165) is 37.2 Å². The highest BCUT2D eigenvalue weighted by Crippen LogP contribution is 1.99. The van der Waals surface area contributed by atoms with Gasteiger partial charge in [-0.25, -0.2) is 0 Å². The summed E-state index contributed by atoms with van der Waals surface area (Å²) < 4.78 is 1.90. The molecule has 14 heavy (non-hydrogen) atoms. The summed E-state index contributed by atoms with van der Waals surface area (Å²) in [6.07, 6.45) is 1.98. The molecule has 1 aromatic rings. The largest absolute Gasteiger partial charge is 0.302 e. The summed E-state index contributed by atoms with van der Waals surface area (Å²) >= 11 is 3.35. The van der Waals surface area contributed by atoms with E-state index < -0.39 is 0 Å². The lowest BCUT2D eigenvalue weighted by Gasteiger charge is -2.17. The van der Waals surface area contributed by atoms with Gasteiger partial charge in [-0.3, -0.25) is 4.68 Å². The van der Waals surface area contributed by atoms with Crippen molar-refractivity contribution >= 4 is 15.9 Å². The van der Waals surface area contributed by atoms with Gasteiger partial charge in [-0.1, -0.05) is 35.0 Å². The molecule has 0 bridgehead atoms. The smallest absolute Gasteiger partial charge is 0.0932 e. The van der Waals surface area contributed by atoms with Crippen molar-refractivity contribution in [2.45, 2.75) is 25.7 Å². The van der Waals surface area contributed by atoms with Crippen LogP contribution in [0.25, 0.3) is 0 Å². The Balaban J connectivity index is 2.37. The first kappa shape index (κ1) is 11.7. The molecule has 4 nitrogen and oxygen atoms in total. The van der Waals surface area contributed by atoms with Crippen LogP contribution in [0.15, 0.2) is 6.20 Å². The third-order valence-electron chi connectivity index (χ3n) is 2.26. The second kappa shape index (κ2) is 6.14. The van der Waals surface area contributed by atoms with Gasteiger partial charge >= 0.3 is 0 Å². The Morgan fingerprint density at radius 1 is 1.43 bits per heavy atom. The highest BCUT2D eigenvalue weighted by molar-refractivity contribution is 9.08. The lowest BCUT2D eigenvalue weighted by atomic mass is 10.4. The summed E-state index contributed by atoms with van der Waals surface area (Å²) in [6.45, 7) is 8.50. The van der Waals surface area contributed by atoms with Crippen molar-refractivity contribution < 1.29 is 0 Å². The fourth-order valence-corrected chi connectivity index (χ4v) is 1.55. The Kier molecular flexibility index (Phi) is 5.11. The number of likely N-dealkylation sites (N-methyl/N-ethyl adjacent to an activating group) is 1. The van der Waals surface area contributed by atoms with E-state index in [9.17, 15) is 0 Å². The number of nitrogens with zero attached hydrogens (tertiary/aromatic N) is 4. The molecule has 0 aromatic carbocycles. The summed E-state index contributed by atoms with van der Waals surface area (Å²) in [5.41, 5.74) is 0.990. The second-order valence-corrected chi connectivity index (χ2v) is 3.69. The van der Waals surface area contributed by atoms with E-state index in [2.05, 4.69) is 45.0 Å². The van der Waals surface area contributed by atoms with E-state index in [-0.39, 0.29) is 0 Å². The van der Waals surface area contributed by atoms with Crippen molar-refractivity contribution in [3.63, 3.8) is 0 Å². The van der Waals surface area contributed by atoms with Gasteiger partial charge in [0.2, 0.25) is 0 Å². The lowest BCUT2D eigenvalue weighted by molar-refractivity contribution is 0.284. The summed E-state index contributed by atoms with van der Waals surface area (Å²) in [6, 6.07) is 0. The SMILES string of the molecule is CCN(CC)CCn1cc(CBr)nn1. The van der Waals surface area contributed by atoms with Gasteiger partial charge in [0.15, 0.2) is 0 Å². The molecule has 0 aliphatic heterocycles. The Hall–Kier alpha value is -0.420. The molecule has 0 aliphatic carbocycles. The summed E-state index contributed by atoms with van der Waals surface area (Å²) in [5, 5.41) is 8.83. The molecule has 0 saturated heterocycles. The Bertz CT molecular complexity index is 257. The molecule has 0 atom stereocenters. The van der Waals surface area contributed by atoms with Crippen molar-refractivity contribution in [3.05, 3.63) is 11.9 Å². The molecular weight excluding hydrogens is 244 g/mol. The van der Waals surface area contributed by atoms with Crippen LogP contribution >= 0.6 is 15.9 Å². The molecule has 0 fully saturated rings. The fourth-order valence-electron chi connectivity index (χ4n) is 1.29. The van der Waals surface area contributed by atoms with Gasteiger partial charge in [0.1, 0.15) is 0 Å². The van der Waals surface area contributed by atoms with Crippen LogP contribution in [0.2, 0.25) is 0 Å². The molecular formula is C9H17BrN4. The second-order valence-electron chi connectivity index (χ2n) is 3.13. The van der Waals surface area contributed by atoms with E-state index in [4.69, 9.17) is 0 Å². The summed E-state index contributed by atoms with van der Waals surface area (Å²) in [7, 11) is 0. The number of rotatable bonds is 6. The highest BCUT2D eigenvalue weighted by atomic mass is 79.9. The Morgan fingerprint density at radius 3 is 2.64 bits per heavy atom. The Morgan fingerprint density at radius 2 is 2.14 bits per heavy atom. The van der Waals surface area contributed by atoms with E-state index >= 15 is 0 Å². The molecule has 0 saturated carbocycles. The van der Waals surface area contributed by atoms with Crippen LogP contribution < -0.4 is 0 Å². The zero-order valence-corrected chi connectivity index (χ0v) is 10.4. The van der Waals surface area contributed by atoms with E-state index in [0.29, 0.717) is 0 Å². The quantitative estimate of drug-likeness (QED) is 0.728. The zero-order valence-electron chi connectivity index (χ0n) is 8.78. The predicted octanol–water partition coefficient (Wildman–Crippen LogP) is 1.51. The zero-order chi connectivity index (χ0) is 10.4.